The molecule has 5 nitrogen and oxygen atoms in total. The zero-order chi connectivity index (χ0) is 27.0. The summed E-state index contributed by atoms with van der Waals surface area (Å²) in [7, 11) is 0. The van der Waals surface area contributed by atoms with E-state index in [1.165, 1.54) is 31.9 Å². The van der Waals surface area contributed by atoms with Gasteiger partial charge in [-0.25, -0.2) is 4.79 Å². The van der Waals surface area contributed by atoms with Crippen LogP contribution in [0.15, 0.2) is 85.6 Å². The Bertz CT molecular complexity index is 1110. The van der Waals surface area contributed by atoms with Crippen LogP contribution in [0.1, 0.15) is 69.2 Å². The molecule has 0 saturated heterocycles. The van der Waals surface area contributed by atoms with Gasteiger partial charge in [-0.05, 0) is 61.7 Å². The van der Waals surface area contributed by atoms with Crippen LogP contribution in [0.3, 0.4) is 0 Å². The number of rotatable bonds is 17. The van der Waals surface area contributed by atoms with Crippen LogP contribution in [0.25, 0.3) is 11.1 Å². The molecular formula is C33H40O5. The van der Waals surface area contributed by atoms with Gasteiger partial charge in [0, 0.05) is 18.1 Å². The Morgan fingerprint density at radius 3 is 2.32 bits per heavy atom. The molecule has 0 spiro atoms. The van der Waals surface area contributed by atoms with Gasteiger partial charge in [0.2, 0.25) is 0 Å². The second kappa shape index (κ2) is 16.2. The van der Waals surface area contributed by atoms with Crippen LogP contribution < -0.4 is 14.2 Å². The maximum absolute atomic E-state index is 13.0. The second-order valence-corrected chi connectivity index (χ2v) is 9.14. The Hall–Kier alpha value is -3.73. The molecule has 5 heteroatoms. The van der Waals surface area contributed by atoms with Gasteiger partial charge in [-0.2, -0.15) is 0 Å². The van der Waals surface area contributed by atoms with Crippen LogP contribution >= 0.6 is 0 Å². The zero-order valence-corrected chi connectivity index (χ0v) is 22.7. The fraction of sp³-hybridized carbons (Fsp3) is 0.364. The fourth-order valence-electron chi connectivity index (χ4n) is 4.24. The van der Waals surface area contributed by atoms with Crippen molar-refractivity contribution in [3.63, 3.8) is 0 Å². The van der Waals surface area contributed by atoms with Gasteiger partial charge in [0.15, 0.2) is 0 Å². The molecular weight excluding hydrogens is 476 g/mol. The van der Waals surface area contributed by atoms with Crippen molar-refractivity contribution in [1.82, 2.24) is 0 Å². The zero-order valence-electron chi connectivity index (χ0n) is 22.7. The predicted molar refractivity (Wildman–Crippen MR) is 153 cm³/mol. The van der Waals surface area contributed by atoms with Gasteiger partial charge in [-0.15, -0.1) is 0 Å². The molecule has 38 heavy (non-hydrogen) atoms. The minimum Gasteiger partial charge on any atom is -0.502 e. The van der Waals surface area contributed by atoms with Crippen molar-refractivity contribution in [2.75, 3.05) is 13.2 Å². The number of esters is 1. The first kappa shape index (κ1) is 28.8. The summed E-state index contributed by atoms with van der Waals surface area (Å²) in [5.41, 5.74) is 2.21. The minimum absolute atomic E-state index is 0.00872. The van der Waals surface area contributed by atoms with E-state index >= 15 is 0 Å². The van der Waals surface area contributed by atoms with E-state index in [0.717, 1.165) is 36.1 Å². The highest BCUT2D eigenvalue weighted by atomic mass is 16.5. The summed E-state index contributed by atoms with van der Waals surface area (Å²) in [5, 5.41) is 0. The molecule has 3 rings (SSSR count). The minimum atomic E-state index is -0.415. The SMILES string of the molecule is C=COCCC(CCCCCCC)Oc1ccc(-c2ccc(OCC)cc2)c(OC(=O)c2ccccc2)c1. The van der Waals surface area contributed by atoms with E-state index in [1.54, 1.807) is 12.1 Å². The van der Waals surface area contributed by atoms with Crippen LogP contribution in [0.2, 0.25) is 0 Å². The quantitative estimate of drug-likeness (QED) is 0.0778. The topological polar surface area (TPSA) is 54.0 Å². The third-order valence-corrected chi connectivity index (χ3v) is 6.25. The maximum atomic E-state index is 13.0. The van der Waals surface area contributed by atoms with Crippen LogP contribution in [0, 0.1) is 0 Å². The molecule has 202 valence electrons. The number of carbonyl (C=O) groups excluding carboxylic acids is 1. The molecule has 0 aliphatic heterocycles. The van der Waals surface area contributed by atoms with Crippen molar-refractivity contribution in [3.8, 4) is 28.4 Å². The fourth-order valence-corrected chi connectivity index (χ4v) is 4.24. The lowest BCUT2D eigenvalue weighted by Crippen LogP contribution is -2.19. The van der Waals surface area contributed by atoms with Crippen molar-refractivity contribution in [2.24, 2.45) is 0 Å². The van der Waals surface area contributed by atoms with Gasteiger partial charge in [-0.3, -0.25) is 0 Å². The van der Waals surface area contributed by atoms with E-state index in [9.17, 15) is 4.79 Å². The molecule has 0 aliphatic rings. The van der Waals surface area contributed by atoms with E-state index < -0.39 is 5.97 Å². The average molecular weight is 517 g/mol. The first-order valence-corrected chi connectivity index (χ1v) is 13.7. The summed E-state index contributed by atoms with van der Waals surface area (Å²) in [6, 6.07) is 22.4. The van der Waals surface area contributed by atoms with E-state index in [4.69, 9.17) is 18.9 Å². The molecule has 1 atom stereocenters. The van der Waals surface area contributed by atoms with E-state index in [1.807, 2.05) is 67.6 Å². The normalized spacial score (nSPS) is 11.4. The molecule has 0 saturated carbocycles. The van der Waals surface area contributed by atoms with Gasteiger partial charge in [0.25, 0.3) is 0 Å². The molecule has 3 aromatic carbocycles. The highest BCUT2D eigenvalue weighted by Gasteiger charge is 2.17. The first-order valence-electron chi connectivity index (χ1n) is 13.7. The van der Waals surface area contributed by atoms with Crippen molar-refractivity contribution in [1.29, 1.82) is 0 Å². The molecule has 0 fully saturated rings. The van der Waals surface area contributed by atoms with Crippen molar-refractivity contribution < 1.29 is 23.7 Å². The smallest absolute Gasteiger partial charge is 0.343 e. The molecule has 1 unspecified atom stereocenters. The first-order chi connectivity index (χ1) is 18.6. The molecule has 0 radical (unpaired) electrons. The molecule has 0 bridgehead atoms. The summed E-state index contributed by atoms with van der Waals surface area (Å²) in [6.45, 7) is 8.96. The van der Waals surface area contributed by atoms with Crippen molar-refractivity contribution in [3.05, 3.63) is 91.2 Å². The van der Waals surface area contributed by atoms with Crippen LogP contribution in [-0.2, 0) is 4.74 Å². The number of benzene rings is 3. The van der Waals surface area contributed by atoms with Gasteiger partial charge in [0.1, 0.15) is 23.4 Å². The summed E-state index contributed by atoms with van der Waals surface area (Å²) >= 11 is 0. The Morgan fingerprint density at radius 1 is 0.868 bits per heavy atom. The lowest BCUT2D eigenvalue weighted by molar-refractivity contribution is 0.0734. The molecule has 0 aliphatic carbocycles. The highest BCUT2D eigenvalue weighted by molar-refractivity contribution is 5.92. The van der Waals surface area contributed by atoms with Gasteiger partial charge >= 0.3 is 5.97 Å². The van der Waals surface area contributed by atoms with Crippen LogP contribution in [-0.4, -0.2) is 25.3 Å². The lowest BCUT2D eigenvalue weighted by Gasteiger charge is -2.20. The summed E-state index contributed by atoms with van der Waals surface area (Å²) < 4.78 is 23.3. The molecule has 0 N–H and O–H groups in total. The van der Waals surface area contributed by atoms with E-state index in [0.29, 0.717) is 30.3 Å². The average Bonchev–Trinajstić information content (AvgIpc) is 2.94. The lowest BCUT2D eigenvalue weighted by atomic mass is 10.0. The molecule has 3 aromatic rings. The molecule has 0 amide bonds. The number of ether oxygens (including phenoxy) is 4. The summed E-state index contributed by atoms with van der Waals surface area (Å²) in [4.78, 5) is 13.0. The molecule has 0 heterocycles. The number of carbonyl (C=O) groups is 1. The monoisotopic (exact) mass is 516 g/mol. The summed E-state index contributed by atoms with van der Waals surface area (Å²) in [5.74, 6) is 1.49. The number of hydrogen-bond donors (Lipinski definition) is 0. The van der Waals surface area contributed by atoms with E-state index in [2.05, 4.69) is 13.5 Å². The van der Waals surface area contributed by atoms with Gasteiger partial charge < -0.3 is 18.9 Å². The van der Waals surface area contributed by atoms with Crippen molar-refractivity contribution >= 4 is 5.97 Å². The van der Waals surface area contributed by atoms with Gasteiger partial charge in [0.05, 0.1) is 25.0 Å². The Kier molecular flexibility index (Phi) is 12.3. The number of unbranched alkanes of at least 4 members (excludes halogenated alkanes) is 4. The largest absolute Gasteiger partial charge is 0.502 e. The van der Waals surface area contributed by atoms with Crippen LogP contribution in [0.4, 0.5) is 0 Å². The standard InChI is InChI=1S/C33H40O5/c1-4-7-8-9-13-16-29(23-24-35-5-2)37-30-21-22-31(26-17-19-28(20-18-26)36-6-3)32(25-30)38-33(34)27-14-11-10-12-15-27/h5,10-12,14-15,17-22,25,29H,2,4,6-9,13,16,23-24H2,1,3H3. The highest BCUT2D eigenvalue weighted by Crippen LogP contribution is 2.35. The maximum Gasteiger partial charge on any atom is 0.343 e. The Balaban J connectivity index is 1.83. The third-order valence-electron chi connectivity index (χ3n) is 6.25. The summed E-state index contributed by atoms with van der Waals surface area (Å²) in [6.07, 6.45) is 9.14. The Morgan fingerprint density at radius 2 is 1.61 bits per heavy atom. The van der Waals surface area contributed by atoms with E-state index in [-0.39, 0.29) is 6.10 Å². The van der Waals surface area contributed by atoms with Crippen LogP contribution in [0.5, 0.6) is 17.2 Å². The number of hydrogen-bond acceptors (Lipinski definition) is 5. The predicted octanol–water partition coefficient (Wildman–Crippen LogP) is 8.63. The van der Waals surface area contributed by atoms with Crippen molar-refractivity contribution in [2.45, 2.75) is 64.9 Å². The third kappa shape index (κ3) is 9.29. The molecule has 0 aromatic heterocycles. The Labute approximate surface area is 227 Å². The van der Waals surface area contributed by atoms with Gasteiger partial charge in [-0.1, -0.05) is 69.5 Å². The second-order valence-electron chi connectivity index (χ2n) is 9.14.